The summed E-state index contributed by atoms with van der Waals surface area (Å²) in [6, 6.07) is 0. The summed E-state index contributed by atoms with van der Waals surface area (Å²) in [5, 5.41) is 9.42. The lowest BCUT2D eigenvalue weighted by Gasteiger charge is -2.09. The van der Waals surface area contributed by atoms with Gasteiger partial charge in [0, 0.05) is 12.3 Å². The van der Waals surface area contributed by atoms with Gasteiger partial charge in [-0.3, -0.25) is 0 Å². The molecule has 0 fully saturated rings. The van der Waals surface area contributed by atoms with E-state index < -0.39 is 11.9 Å². The molecule has 0 amide bonds. The summed E-state index contributed by atoms with van der Waals surface area (Å²) >= 11 is 0. The van der Waals surface area contributed by atoms with Crippen LogP contribution in [-0.2, 0) is 0 Å². The van der Waals surface area contributed by atoms with E-state index in [-0.39, 0.29) is 5.92 Å². The molecule has 0 aromatic rings. The van der Waals surface area contributed by atoms with Crippen molar-refractivity contribution in [3.63, 3.8) is 0 Å². The van der Waals surface area contributed by atoms with E-state index in [0.717, 1.165) is 5.57 Å². The molecule has 2 atom stereocenters. The van der Waals surface area contributed by atoms with Gasteiger partial charge in [0.15, 0.2) is 0 Å². The zero-order valence-electron chi connectivity index (χ0n) is 7.18. The molecule has 0 radical (unpaired) electrons. The number of allylic oxidation sites excluding steroid dienone is 2. The van der Waals surface area contributed by atoms with Crippen LogP contribution in [0.5, 0.6) is 0 Å². The molecule has 2 unspecified atom stereocenters. The van der Waals surface area contributed by atoms with Crippen molar-refractivity contribution in [2.24, 2.45) is 5.92 Å². The maximum atomic E-state index is 12.8. The van der Waals surface area contributed by atoms with Crippen LogP contribution in [0.1, 0.15) is 13.3 Å². The summed E-state index contributed by atoms with van der Waals surface area (Å²) in [6.45, 7) is 8.66. The van der Waals surface area contributed by atoms with Gasteiger partial charge >= 0.3 is 0 Å². The van der Waals surface area contributed by atoms with Crippen LogP contribution >= 0.6 is 0 Å². The zero-order valence-corrected chi connectivity index (χ0v) is 7.18. The fourth-order valence-corrected chi connectivity index (χ4v) is 1.56. The molecular formula is C10H13FO. The van der Waals surface area contributed by atoms with Gasteiger partial charge in [0.2, 0.25) is 0 Å². The third-order valence-corrected chi connectivity index (χ3v) is 2.38. The van der Waals surface area contributed by atoms with Crippen LogP contribution in [-0.4, -0.2) is 11.2 Å². The highest BCUT2D eigenvalue weighted by molar-refractivity contribution is 5.41. The molecule has 0 saturated carbocycles. The maximum Gasteiger partial charge on any atom is 0.119 e. The number of hydrogen-bond acceptors (Lipinski definition) is 1. The van der Waals surface area contributed by atoms with Gasteiger partial charge in [0.1, 0.15) is 5.83 Å². The van der Waals surface area contributed by atoms with Crippen LogP contribution in [0, 0.1) is 5.92 Å². The van der Waals surface area contributed by atoms with Crippen LogP contribution in [0.15, 0.2) is 36.2 Å². The molecule has 1 aliphatic rings. The fourth-order valence-electron chi connectivity index (χ4n) is 1.56. The molecule has 1 nitrogen and oxygen atoms in total. The summed E-state index contributed by atoms with van der Waals surface area (Å²) in [4.78, 5) is 0. The lowest BCUT2D eigenvalue weighted by Crippen LogP contribution is -2.11. The third-order valence-electron chi connectivity index (χ3n) is 2.38. The van der Waals surface area contributed by atoms with Gasteiger partial charge in [-0.1, -0.05) is 26.2 Å². The van der Waals surface area contributed by atoms with Crippen molar-refractivity contribution in [3.8, 4) is 0 Å². The highest BCUT2D eigenvalue weighted by Crippen LogP contribution is 2.36. The van der Waals surface area contributed by atoms with Crippen LogP contribution in [0.2, 0.25) is 0 Å². The predicted molar refractivity (Wildman–Crippen MR) is 47.3 cm³/mol. The Morgan fingerprint density at radius 3 is 2.67 bits per heavy atom. The van der Waals surface area contributed by atoms with Crippen molar-refractivity contribution >= 4 is 0 Å². The number of hydrogen-bond donors (Lipinski definition) is 1. The van der Waals surface area contributed by atoms with E-state index in [1.54, 1.807) is 6.08 Å². The van der Waals surface area contributed by atoms with Gasteiger partial charge in [-0.05, 0) is 11.1 Å². The molecule has 2 heteroatoms. The van der Waals surface area contributed by atoms with E-state index in [1.807, 2.05) is 6.92 Å². The topological polar surface area (TPSA) is 20.2 Å². The van der Waals surface area contributed by atoms with E-state index in [0.29, 0.717) is 12.0 Å². The van der Waals surface area contributed by atoms with Gasteiger partial charge in [0.05, 0.1) is 6.10 Å². The Labute approximate surface area is 71.9 Å². The van der Waals surface area contributed by atoms with E-state index in [4.69, 9.17) is 0 Å². The first-order chi connectivity index (χ1) is 5.57. The van der Waals surface area contributed by atoms with Gasteiger partial charge in [-0.2, -0.15) is 0 Å². The van der Waals surface area contributed by atoms with Crippen LogP contribution < -0.4 is 0 Å². The second-order valence-electron chi connectivity index (χ2n) is 3.10. The monoisotopic (exact) mass is 168 g/mol. The average Bonchev–Trinajstić information content (AvgIpc) is 2.29. The first kappa shape index (κ1) is 9.20. The Morgan fingerprint density at radius 2 is 2.33 bits per heavy atom. The van der Waals surface area contributed by atoms with Gasteiger partial charge in [-0.15, -0.1) is 0 Å². The highest BCUT2D eigenvalue weighted by atomic mass is 19.1. The zero-order chi connectivity index (χ0) is 9.30. The molecule has 1 N–H and O–H groups in total. The normalized spacial score (nSPS) is 29.2. The Hall–Kier alpha value is -0.890. The molecule has 1 aliphatic carbocycles. The van der Waals surface area contributed by atoms with Gasteiger partial charge in [0.25, 0.3) is 0 Å². The first-order valence-corrected chi connectivity index (χ1v) is 3.96. The number of aliphatic hydroxyl groups is 1. The van der Waals surface area contributed by atoms with E-state index in [2.05, 4.69) is 13.2 Å². The molecule has 0 bridgehead atoms. The number of rotatable bonds is 2. The van der Waals surface area contributed by atoms with Crippen LogP contribution in [0.25, 0.3) is 0 Å². The smallest absolute Gasteiger partial charge is 0.119 e. The Balaban J connectivity index is 3.02. The summed E-state index contributed by atoms with van der Waals surface area (Å²) in [5.74, 6) is -0.474. The molecule has 0 saturated heterocycles. The summed E-state index contributed by atoms with van der Waals surface area (Å²) in [7, 11) is 0. The van der Waals surface area contributed by atoms with E-state index in [9.17, 15) is 9.50 Å². The number of aliphatic hydroxyl groups excluding tert-OH is 1. The highest BCUT2D eigenvalue weighted by Gasteiger charge is 2.29. The maximum absolute atomic E-state index is 12.8. The quantitative estimate of drug-likeness (QED) is 0.671. The fraction of sp³-hybridized carbons (Fsp3) is 0.400. The molecule has 1 rings (SSSR count). The van der Waals surface area contributed by atoms with Gasteiger partial charge < -0.3 is 5.11 Å². The Bertz CT molecular complexity index is 253. The molecule has 0 aromatic heterocycles. The summed E-state index contributed by atoms with van der Waals surface area (Å²) in [5.41, 5.74) is 1.31. The third kappa shape index (κ3) is 1.34. The minimum atomic E-state index is -0.486. The van der Waals surface area contributed by atoms with Crippen molar-refractivity contribution in [2.45, 2.75) is 19.4 Å². The molecule has 66 valence electrons. The molecule has 12 heavy (non-hydrogen) atoms. The molecule has 0 spiro atoms. The second-order valence-corrected chi connectivity index (χ2v) is 3.10. The summed E-state index contributed by atoms with van der Waals surface area (Å²) < 4.78 is 12.8. The second kappa shape index (κ2) is 3.23. The van der Waals surface area contributed by atoms with Crippen molar-refractivity contribution in [1.82, 2.24) is 0 Å². The van der Waals surface area contributed by atoms with Crippen molar-refractivity contribution in [2.75, 3.05) is 0 Å². The Morgan fingerprint density at radius 1 is 1.75 bits per heavy atom. The van der Waals surface area contributed by atoms with E-state index >= 15 is 0 Å². The van der Waals surface area contributed by atoms with Crippen LogP contribution in [0.4, 0.5) is 4.39 Å². The summed E-state index contributed by atoms with van der Waals surface area (Å²) in [6.07, 6.45) is 1.47. The average molecular weight is 168 g/mol. The lowest BCUT2D eigenvalue weighted by molar-refractivity contribution is 0.147. The largest absolute Gasteiger partial charge is 0.392 e. The molecule has 0 aromatic carbocycles. The predicted octanol–water partition coefficient (Wildman–Crippen LogP) is 2.35. The lowest BCUT2D eigenvalue weighted by atomic mass is 10.0. The minimum Gasteiger partial charge on any atom is -0.392 e. The van der Waals surface area contributed by atoms with Crippen LogP contribution in [0.3, 0.4) is 0 Å². The van der Waals surface area contributed by atoms with Crippen molar-refractivity contribution < 1.29 is 9.50 Å². The van der Waals surface area contributed by atoms with E-state index in [1.165, 1.54) is 0 Å². The standard InChI is InChI=1S/C10H13FO/c1-4-8-6(2)10(12)5-9(8)7(3)11/h4,6,10,12H,1,3,5H2,2H3. The molecule has 0 heterocycles. The molecule has 0 aliphatic heterocycles. The Kier molecular flexibility index (Phi) is 2.48. The van der Waals surface area contributed by atoms with Crippen molar-refractivity contribution in [1.29, 1.82) is 0 Å². The van der Waals surface area contributed by atoms with Crippen molar-refractivity contribution in [3.05, 3.63) is 36.2 Å². The van der Waals surface area contributed by atoms with Gasteiger partial charge in [-0.25, -0.2) is 4.39 Å². The minimum absolute atomic E-state index is 0.0231. The molecular weight excluding hydrogens is 155 g/mol. The number of halogens is 1. The first-order valence-electron chi connectivity index (χ1n) is 3.96. The SMILES string of the molecule is C=CC1=C(C(=C)F)CC(O)C1C.